The fourth-order valence-corrected chi connectivity index (χ4v) is 1.62. The molecule has 0 spiro atoms. The van der Waals surface area contributed by atoms with Crippen LogP contribution >= 0.6 is 0 Å². The van der Waals surface area contributed by atoms with Crippen LogP contribution in [0.5, 0.6) is 5.75 Å². The van der Waals surface area contributed by atoms with Gasteiger partial charge in [0, 0.05) is 5.69 Å². The Morgan fingerprint density at radius 2 is 1.86 bits per heavy atom. The lowest BCUT2D eigenvalue weighted by Crippen LogP contribution is -2.20. The fraction of sp³-hybridized carbons (Fsp3) is 0.0667. The van der Waals surface area contributed by atoms with Gasteiger partial charge in [0.05, 0.1) is 11.6 Å². The van der Waals surface area contributed by atoms with Gasteiger partial charge in [-0.25, -0.2) is 8.78 Å². The molecule has 6 heteroatoms. The number of nitrogens with zero attached hydrogens (tertiary/aromatic N) is 1. The SMILES string of the molecule is N#Cc1cccc(NC(=O)COc2c(F)cccc2F)c1. The van der Waals surface area contributed by atoms with E-state index >= 15 is 0 Å². The molecule has 0 saturated carbocycles. The Morgan fingerprint density at radius 3 is 2.52 bits per heavy atom. The van der Waals surface area contributed by atoms with Crippen molar-refractivity contribution in [1.82, 2.24) is 0 Å². The molecule has 106 valence electrons. The van der Waals surface area contributed by atoms with Crippen molar-refractivity contribution >= 4 is 11.6 Å². The maximum absolute atomic E-state index is 13.3. The number of ether oxygens (including phenoxy) is 1. The number of nitriles is 1. The van der Waals surface area contributed by atoms with Crippen LogP contribution in [0.1, 0.15) is 5.56 Å². The van der Waals surface area contributed by atoms with Crippen LogP contribution in [0, 0.1) is 23.0 Å². The minimum Gasteiger partial charge on any atom is -0.478 e. The Labute approximate surface area is 119 Å². The van der Waals surface area contributed by atoms with Crippen LogP contribution in [0.25, 0.3) is 0 Å². The van der Waals surface area contributed by atoms with Crippen molar-refractivity contribution in [2.45, 2.75) is 0 Å². The van der Waals surface area contributed by atoms with Crippen LogP contribution in [0.4, 0.5) is 14.5 Å². The van der Waals surface area contributed by atoms with Crippen molar-refractivity contribution in [1.29, 1.82) is 5.26 Å². The van der Waals surface area contributed by atoms with Gasteiger partial charge in [0.2, 0.25) is 0 Å². The molecular formula is C15H10F2N2O2. The molecule has 4 nitrogen and oxygen atoms in total. The number of carbonyl (C=O) groups excluding carboxylic acids is 1. The van der Waals surface area contributed by atoms with E-state index in [9.17, 15) is 13.6 Å². The van der Waals surface area contributed by atoms with E-state index in [1.54, 1.807) is 18.2 Å². The first-order valence-corrected chi connectivity index (χ1v) is 5.97. The van der Waals surface area contributed by atoms with Crippen molar-refractivity contribution in [3.05, 3.63) is 59.7 Å². The molecule has 0 aliphatic heterocycles. The highest BCUT2D eigenvalue weighted by Crippen LogP contribution is 2.20. The van der Waals surface area contributed by atoms with Gasteiger partial charge in [0.25, 0.3) is 5.91 Å². The number of hydrogen-bond acceptors (Lipinski definition) is 3. The quantitative estimate of drug-likeness (QED) is 0.941. The van der Waals surface area contributed by atoms with Crippen molar-refractivity contribution in [3.8, 4) is 11.8 Å². The first kappa shape index (κ1) is 14.5. The van der Waals surface area contributed by atoms with Crippen LogP contribution in [-0.4, -0.2) is 12.5 Å². The van der Waals surface area contributed by atoms with E-state index < -0.39 is 29.9 Å². The fourth-order valence-electron chi connectivity index (χ4n) is 1.62. The van der Waals surface area contributed by atoms with Crippen LogP contribution in [0.2, 0.25) is 0 Å². The Kier molecular flexibility index (Phi) is 4.46. The van der Waals surface area contributed by atoms with E-state index in [-0.39, 0.29) is 0 Å². The van der Waals surface area contributed by atoms with E-state index in [1.165, 1.54) is 12.1 Å². The smallest absolute Gasteiger partial charge is 0.262 e. The summed E-state index contributed by atoms with van der Waals surface area (Å²) < 4.78 is 31.4. The third kappa shape index (κ3) is 3.76. The number of carbonyl (C=O) groups is 1. The molecule has 0 radical (unpaired) electrons. The van der Waals surface area contributed by atoms with Crippen molar-refractivity contribution in [2.75, 3.05) is 11.9 Å². The van der Waals surface area contributed by atoms with Crippen LogP contribution in [0.3, 0.4) is 0 Å². The molecule has 0 aromatic heterocycles. The number of nitrogens with one attached hydrogen (secondary N) is 1. The minimum absolute atomic E-state index is 0.383. The van der Waals surface area contributed by atoms with Gasteiger partial charge in [0.15, 0.2) is 24.0 Å². The zero-order valence-electron chi connectivity index (χ0n) is 10.8. The average Bonchev–Trinajstić information content (AvgIpc) is 2.47. The van der Waals surface area contributed by atoms with Gasteiger partial charge >= 0.3 is 0 Å². The van der Waals surface area contributed by atoms with Gasteiger partial charge < -0.3 is 10.1 Å². The molecule has 0 aliphatic carbocycles. The zero-order valence-corrected chi connectivity index (χ0v) is 10.8. The first-order valence-electron chi connectivity index (χ1n) is 5.97. The summed E-state index contributed by atoms with van der Waals surface area (Å²) in [7, 11) is 0. The topological polar surface area (TPSA) is 62.1 Å². The second-order valence-corrected chi connectivity index (χ2v) is 4.08. The van der Waals surface area contributed by atoms with Crippen molar-refractivity contribution in [3.63, 3.8) is 0 Å². The van der Waals surface area contributed by atoms with Gasteiger partial charge in [-0.1, -0.05) is 12.1 Å². The van der Waals surface area contributed by atoms with Gasteiger partial charge in [-0.3, -0.25) is 4.79 Å². The van der Waals surface area contributed by atoms with E-state index in [4.69, 9.17) is 10.00 Å². The molecule has 2 rings (SSSR count). The second kappa shape index (κ2) is 6.48. The number of halogens is 2. The third-order valence-corrected chi connectivity index (χ3v) is 2.54. The summed E-state index contributed by atoms with van der Waals surface area (Å²) in [6.45, 7) is -0.547. The Morgan fingerprint density at radius 1 is 1.19 bits per heavy atom. The average molecular weight is 288 g/mol. The molecule has 0 bridgehead atoms. The monoisotopic (exact) mass is 288 g/mol. The molecule has 21 heavy (non-hydrogen) atoms. The standard InChI is InChI=1S/C15H10F2N2O2/c16-12-5-2-6-13(17)15(12)21-9-14(20)19-11-4-1-3-10(7-11)8-18/h1-7H,9H2,(H,19,20). The van der Waals surface area contributed by atoms with Crippen LogP contribution < -0.4 is 10.1 Å². The summed E-state index contributed by atoms with van der Waals surface area (Å²) in [6.07, 6.45) is 0. The third-order valence-electron chi connectivity index (χ3n) is 2.54. The van der Waals surface area contributed by atoms with Gasteiger partial charge in [-0.15, -0.1) is 0 Å². The largest absolute Gasteiger partial charge is 0.478 e. The number of rotatable bonds is 4. The maximum Gasteiger partial charge on any atom is 0.262 e. The van der Waals surface area contributed by atoms with Crippen LogP contribution in [-0.2, 0) is 4.79 Å². The summed E-state index contributed by atoms with van der Waals surface area (Å²) in [5, 5.41) is 11.2. The van der Waals surface area contributed by atoms with E-state index in [0.717, 1.165) is 12.1 Å². The molecule has 0 unspecified atom stereocenters. The first-order chi connectivity index (χ1) is 10.1. The molecule has 0 saturated heterocycles. The zero-order chi connectivity index (χ0) is 15.2. The number of anilines is 1. The van der Waals surface area contributed by atoms with E-state index in [0.29, 0.717) is 11.3 Å². The molecule has 2 aromatic rings. The Balaban J connectivity index is 1.98. The maximum atomic E-state index is 13.3. The summed E-state index contributed by atoms with van der Waals surface area (Å²) in [4.78, 5) is 11.6. The molecule has 2 aromatic carbocycles. The molecule has 1 N–H and O–H groups in total. The lowest BCUT2D eigenvalue weighted by molar-refractivity contribution is -0.118. The lowest BCUT2D eigenvalue weighted by atomic mass is 10.2. The lowest BCUT2D eigenvalue weighted by Gasteiger charge is -2.09. The number of para-hydroxylation sites is 1. The summed E-state index contributed by atoms with van der Waals surface area (Å²) >= 11 is 0. The Hall–Kier alpha value is -2.94. The van der Waals surface area contributed by atoms with Gasteiger partial charge in [0.1, 0.15) is 0 Å². The number of amides is 1. The second-order valence-electron chi connectivity index (χ2n) is 4.08. The molecule has 1 amide bonds. The summed E-state index contributed by atoms with van der Waals surface area (Å²) in [5.74, 6) is -2.95. The number of hydrogen-bond donors (Lipinski definition) is 1. The van der Waals surface area contributed by atoms with Crippen molar-refractivity contribution in [2.24, 2.45) is 0 Å². The molecule has 0 atom stereocenters. The molecule has 0 heterocycles. The predicted octanol–water partition coefficient (Wildman–Crippen LogP) is 2.85. The summed E-state index contributed by atoms with van der Waals surface area (Å²) in [5.41, 5.74) is 0.783. The van der Waals surface area contributed by atoms with E-state index in [2.05, 4.69) is 5.32 Å². The molecular weight excluding hydrogens is 278 g/mol. The van der Waals surface area contributed by atoms with Crippen LogP contribution in [0.15, 0.2) is 42.5 Å². The Bertz CT molecular complexity index is 691. The van der Waals surface area contributed by atoms with Gasteiger partial charge in [-0.05, 0) is 30.3 Å². The highest BCUT2D eigenvalue weighted by molar-refractivity contribution is 5.92. The molecule has 0 fully saturated rings. The number of benzene rings is 2. The molecule has 0 aliphatic rings. The normalized spacial score (nSPS) is 9.76. The van der Waals surface area contributed by atoms with E-state index in [1.807, 2.05) is 6.07 Å². The predicted molar refractivity (Wildman–Crippen MR) is 71.6 cm³/mol. The summed E-state index contributed by atoms with van der Waals surface area (Å²) in [6, 6.07) is 11.4. The highest BCUT2D eigenvalue weighted by atomic mass is 19.1. The highest BCUT2D eigenvalue weighted by Gasteiger charge is 2.12. The van der Waals surface area contributed by atoms with Gasteiger partial charge in [-0.2, -0.15) is 5.26 Å². The minimum atomic E-state index is -0.880. The van der Waals surface area contributed by atoms with Crippen molar-refractivity contribution < 1.29 is 18.3 Å².